The molecule has 0 spiro atoms. The van der Waals surface area contributed by atoms with Gasteiger partial charge >= 0.3 is 5.97 Å². The molecular formula is C17H20N2O3. The van der Waals surface area contributed by atoms with Crippen LogP contribution in [0.15, 0.2) is 48.5 Å². The van der Waals surface area contributed by atoms with Gasteiger partial charge in [0.1, 0.15) is 11.8 Å². The molecule has 0 saturated carbocycles. The topological polar surface area (TPSA) is 84.6 Å². The van der Waals surface area contributed by atoms with Crippen LogP contribution in [-0.4, -0.2) is 30.8 Å². The van der Waals surface area contributed by atoms with E-state index in [4.69, 9.17) is 15.6 Å². The lowest BCUT2D eigenvalue weighted by Gasteiger charge is -2.13. The summed E-state index contributed by atoms with van der Waals surface area (Å²) in [4.78, 5) is 10.7. The van der Waals surface area contributed by atoms with E-state index in [2.05, 4.69) is 5.32 Å². The summed E-state index contributed by atoms with van der Waals surface area (Å²) in [7, 11) is 1.62. The number of rotatable bonds is 7. The van der Waals surface area contributed by atoms with Crippen LogP contribution >= 0.6 is 0 Å². The Labute approximate surface area is 129 Å². The summed E-state index contributed by atoms with van der Waals surface area (Å²) in [5.74, 6) is -0.256. The molecule has 116 valence electrons. The molecule has 22 heavy (non-hydrogen) atoms. The van der Waals surface area contributed by atoms with E-state index in [1.807, 2.05) is 48.5 Å². The molecule has 0 radical (unpaired) electrons. The third kappa shape index (κ3) is 4.07. The van der Waals surface area contributed by atoms with Crippen LogP contribution in [0.25, 0.3) is 11.1 Å². The second-order valence-corrected chi connectivity index (χ2v) is 4.97. The van der Waals surface area contributed by atoms with Crippen molar-refractivity contribution in [2.24, 2.45) is 5.73 Å². The summed E-state index contributed by atoms with van der Waals surface area (Å²) in [5, 5.41) is 11.8. The molecule has 0 fully saturated rings. The smallest absolute Gasteiger partial charge is 0.321 e. The lowest BCUT2D eigenvalue weighted by Crippen LogP contribution is -2.40. The van der Waals surface area contributed by atoms with Crippen LogP contribution in [0.4, 0.5) is 0 Å². The minimum atomic E-state index is -1.02. The van der Waals surface area contributed by atoms with Crippen molar-refractivity contribution < 1.29 is 14.6 Å². The van der Waals surface area contributed by atoms with Gasteiger partial charge in [0.05, 0.1) is 7.11 Å². The van der Waals surface area contributed by atoms with Crippen molar-refractivity contribution in [1.82, 2.24) is 5.32 Å². The number of carboxylic acids is 1. The summed E-state index contributed by atoms with van der Waals surface area (Å²) in [6.45, 7) is 0.693. The van der Waals surface area contributed by atoms with E-state index in [1.54, 1.807) is 7.11 Å². The summed E-state index contributed by atoms with van der Waals surface area (Å²) >= 11 is 0. The van der Waals surface area contributed by atoms with E-state index in [9.17, 15) is 4.79 Å². The van der Waals surface area contributed by atoms with Crippen molar-refractivity contribution in [1.29, 1.82) is 0 Å². The zero-order valence-corrected chi connectivity index (χ0v) is 12.5. The molecule has 2 aromatic carbocycles. The van der Waals surface area contributed by atoms with Gasteiger partial charge in [-0.25, -0.2) is 0 Å². The van der Waals surface area contributed by atoms with Crippen molar-refractivity contribution >= 4 is 5.97 Å². The molecule has 5 heteroatoms. The zero-order chi connectivity index (χ0) is 15.9. The first kappa shape index (κ1) is 16.0. The molecule has 0 heterocycles. The number of nitrogens with two attached hydrogens (primary N) is 1. The van der Waals surface area contributed by atoms with Gasteiger partial charge in [0, 0.05) is 18.7 Å². The SMILES string of the molecule is COc1ccc(-c2ccccc2)cc1CNCC(N)C(=O)O. The number of methoxy groups -OCH3 is 1. The van der Waals surface area contributed by atoms with Crippen molar-refractivity contribution in [3.8, 4) is 16.9 Å². The summed E-state index contributed by atoms with van der Waals surface area (Å²) < 4.78 is 5.35. The van der Waals surface area contributed by atoms with Gasteiger partial charge in [0.2, 0.25) is 0 Å². The average Bonchev–Trinajstić information content (AvgIpc) is 2.55. The number of ether oxygens (including phenoxy) is 1. The molecule has 0 aliphatic rings. The van der Waals surface area contributed by atoms with Crippen molar-refractivity contribution in [2.45, 2.75) is 12.6 Å². The molecule has 1 atom stereocenters. The monoisotopic (exact) mass is 300 g/mol. The van der Waals surface area contributed by atoms with Gasteiger partial charge in [0.25, 0.3) is 0 Å². The van der Waals surface area contributed by atoms with Crippen molar-refractivity contribution in [3.63, 3.8) is 0 Å². The molecule has 0 amide bonds. The predicted octanol–water partition coefficient (Wildman–Crippen LogP) is 1.86. The maximum Gasteiger partial charge on any atom is 0.321 e. The van der Waals surface area contributed by atoms with Gasteiger partial charge < -0.3 is 20.9 Å². The molecular weight excluding hydrogens is 280 g/mol. The van der Waals surface area contributed by atoms with Crippen LogP contribution in [-0.2, 0) is 11.3 Å². The van der Waals surface area contributed by atoms with Gasteiger partial charge in [-0.15, -0.1) is 0 Å². The van der Waals surface area contributed by atoms with Crippen LogP contribution in [0.5, 0.6) is 5.75 Å². The molecule has 4 N–H and O–H groups in total. The summed E-state index contributed by atoms with van der Waals surface area (Å²) in [6.07, 6.45) is 0. The lowest BCUT2D eigenvalue weighted by molar-refractivity contribution is -0.138. The fourth-order valence-corrected chi connectivity index (χ4v) is 2.18. The first-order chi connectivity index (χ1) is 10.6. The average molecular weight is 300 g/mol. The van der Waals surface area contributed by atoms with Gasteiger partial charge in [0.15, 0.2) is 0 Å². The lowest BCUT2D eigenvalue weighted by atomic mass is 10.0. The third-order valence-electron chi connectivity index (χ3n) is 3.38. The standard InChI is InChI=1S/C17H20N2O3/c1-22-16-8-7-13(12-5-3-2-4-6-12)9-14(16)10-19-11-15(18)17(20)21/h2-9,15,19H,10-11,18H2,1H3,(H,20,21). The Morgan fingerprint density at radius 3 is 2.59 bits per heavy atom. The second kappa shape index (κ2) is 7.59. The van der Waals surface area contributed by atoms with E-state index in [-0.39, 0.29) is 6.54 Å². The Kier molecular flexibility index (Phi) is 5.52. The Morgan fingerprint density at radius 2 is 1.95 bits per heavy atom. The zero-order valence-electron chi connectivity index (χ0n) is 12.5. The fraction of sp³-hybridized carbons (Fsp3) is 0.235. The van der Waals surface area contributed by atoms with Gasteiger partial charge in [-0.2, -0.15) is 0 Å². The Balaban J connectivity index is 2.13. The normalized spacial score (nSPS) is 11.9. The minimum absolute atomic E-state index is 0.202. The number of carbonyl (C=O) groups is 1. The summed E-state index contributed by atoms with van der Waals surface area (Å²) in [5.41, 5.74) is 8.64. The van der Waals surface area contributed by atoms with E-state index in [0.29, 0.717) is 6.54 Å². The molecule has 2 aromatic rings. The first-order valence-electron chi connectivity index (χ1n) is 7.03. The Bertz CT molecular complexity index is 629. The van der Waals surface area contributed by atoms with Crippen molar-refractivity contribution in [2.75, 3.05) is 13.7 Å². The quantitative estimate of drug-likeness (QED) is 0.727. The number of hydrogen-bond donors (Lipinski definition) is 3. The molecule has 0 aliphatic heterocycles. The highest BCUT2D eigenvalue weighted by atomic mass is 16.5. The largest absolute Gasteiger partial charge is 0.496 e. The first-order valence-corrected chi connectivity index (χ1v) is 7.03. The highest BCUT2D eigenvalue weighted by molar-refractivity contribution is 5.73. The van der Waals surface area contributed by atoms with Crippen LogP contribution in [0.3, 0.4) is 0 Å². The molecule has 0 aliphatic carbocycles. The fourth-order valence-electron chi connectivity index (χ4n) is 2.18. The van der Waals surface area contributed by atoms with Crippen LogP contribution in [0, 0.1) is 0 Å². The number of hydrogen-bond acceptors (Lipinski definition) is 4. The van der Waals surface area contributed by atoms with Crippen molar-refractivity contribution in [3.05, 3.63) is 54.1 Å². The van der Waals surface area contributed by atoms with E-state index >= 15 is 0 Å². The number of nitrogens with one attached hydrogen (secondary N) is 1. The number of carboxylic acid groups (broad SMARTS) is 1. The maximum atomic E-state index is 10.7. The molecule has 0 saturated heterocycles. The highest BCUT2D eigenvalue weighted by Crippen LogP contribution is 2.26. The maximum absolute atomic E-state index is 10.7. The minimum Gasteiger partial charge on any atom is -0.496 e. The second-order valence-electron chi connectivity index (χ2n) is 4.97. The molecule has 2 rings (SSSR count). The predicted molar refractivity (Wildman–Crippen MR) is 85.7 cm³/mol. The van der Waals surface area contributed by atoms with Crippen LogP contribution < -0.4 is 15.8 Å². The number of benzene rings is 2. The van der Waals surface area contributed by atoms with Gasteiger partial charge in [-0.05, 0) is 23.3 Å². The van der Waals surface area contributed by atoms with Gasteiger partial charge in [-0.1, -0.05) is 36.4 Å². The number of aliphatic carboxylic acids is 1. The van der Waals surface area contributed by atoms with Crippen LogP contribution in [0.1, 0.15) is 5.56 Å². The third-order valence-corrected chi connectivity index (χ3v) is 3.38. The molecule has 5 nitrogen and oxygen atoms in total. The van der Waals surface area contributed by atoms with Crippen LogP contribution in [0.2, 0.25) is 0 Å². The highest BCUT2D eigenvalue weighted by Gasteiger charge is 2.11. The van der Waals surface area contributed by atoms with E-state index in [1.165, 1.54) is 0 Å². The summed E-state index contributed by atoms with van der Waals surface area (Å²) in [6, 6.07) is 15.1. The van der Waals surface area contributed by atoms with E-state index < -0.39 is 12.0 Å². The Morgan fingerprint density at radius 1 is 1.23 bits per heavy atom. The van der Waals surface area contributed by atoms with E-state index in [0.717, 1.165) is 22.4 Å². The van der Waals surface area contributed by atoms with Gasteiger partial charge in [-0.3, -0.25) is 4.79 Å². The molecule has 0 aromatic heterocycles. The molecule has 1 unspecified atom stereocenters. The Hall–Kier alpha value is -2.37. The molecule has 0 bridgehead atoms.